The van der Waals surface area contributed by atoms with Crippen LogP contribution in [0.1, 0.15) is 39.2 Å². The first-order chi connectivity index (χ1) is 11.0. The minimum atomic E-state index is -3.39. The second-order valence-corrected chi connectivity index (χ2v) is 9.12. The Labute approximate surface area is 144 Å². The lowest BCUT2D eigenvalue weighted by Gasteiger charge is -2.24. The molecular formula is C17H26N2O4S. The molecule has 134 valence electrons. The molecule has 0 radical (unpaired) electrons. The summed E-state index contributed by atoms with van der Waals surface area (Å²) in [6.45, 7) is 6.64. The number of nitrogens with one attached hydrogen (secondary N) is 1. The van der Waals surface area contributed by atoms with Gasteiger partial charge in [-0.2, -0.15) is 4.31 Å². The number of ether oxygens (including phenoxy) is 1. The molecule has 24 heavy (non-hydrogen) atoms. The van der Waals surface area contributed by atoms with Gasteiger partial charge in [-0.25, -0.2) is 8.42 Å². The number of hydrogen-bond acceptors (Lipinski definition) is 4. The molecule has 1 aromatic carbocycles. The molecule has 0 saturated carbocycles. The largest absolute Gasteiger partial charge is 0.495 e. The van der Waals surface area contributed by atoms with Crippen LogP contribution in [0, 0.1) is 0 Å². The van der Waals surface area contributed by atoms with E-state index in [1.165, 1.54) is 4.31 Å². The number of sulfonamides is 1. The molecule has 1 heterocycles. The lowest BCUT2D eigenvalue weighted by atomic mass is 9.87. The van der Waals surface area contributed by atoms with Gasteiger partial charge in [0.1, 0.15) is 11.8 Å². The molecule has 0 bridgehead atoms. The molecule has 0 aliphatic carbocycles. The van der Waals surface area contributed by atoms with Crippen LogP contribution in [0.15, 0.2) is 18.2 Å². The highest BCUT2D eigenvalue weighted by atomic mass is 32.2. The van der Waals surface area contributed by atoms with E-state index in [2.05, 4.69) is 26.1 Å². The maximum Gasteiger partial charge on any atom is 0.242 e. The van der Waals surface area contributed by atoms with Crippen LogP contribution in [0.5, 0.6) is 5.75 Å². The van der Waals surface area contributed by atoms with Crippen molar-refractivity contribution in [2.75, 3.05) is 25.2 Å². The van der Waals surface area contributed by atoms with Crippen LogP contribution in [0.4, 0.5) is 5.69 Å². The summed E-state index contributed by atoms with van der Waals surface area (Å²) in [4.78, 5) is 12.6. The molecule has 0 spiro atoms. The standard InChI is InChI=1S/C17H26N2O4S/c1-17(2,3)12-8-9-15(23-4)13(11-12)18-16(20)14-7-6-10-19(14)24(5,21)22/h8-9,11,14H,6-7,10H2,1-5H3,(H,18,20)/t14-/m1/s1. The van der Waals surface area contributed by atoms with E-state index in [1.807, 2.05) is 18.2 Å². The number of amides is 1. The van der Waals surface area contributed by atoms with Gasteiger partial charge in [-0.1, -0.05) is 26.8 Å². The van der Waals surface area contributed by atoms with Crippen LogP contribution in [0.3, 0.4) is 0 Å². The first-order valence-electron chi connectivity index (χ1n) is 8.00. The van der Waals surface area contributed by atoms with E-state index in [1.54, 1.807) is 7.11 Å². The van der Waals surface area contributed by atoms with Crippen molar-refractivity contribution in [3.63, 3.8) is 0 Å². The fourth-order valence-electron chi connectivity index (χ4n) is 2.89. The van der Waals surface area contributed by atoms with Crippen LogP contribution in [0.25, 0.3) is 0 Å². The normalized spacial score (nSPS) is 19.3. The Hall–Kier alpha value is -1.60. The number of benzene rings is 1. The van der Waals surface area contributed by atoms with Crippen LogP contribution in [0.2, 0.25) is 0 Å². The Balaban J connectivity index is 2.28. The van der Waals surface area contributed by atoms with Gasteiger partial charge >= 0.3 is 0 Å². The molecule has 1 fully saturated rings. The van der Waals surface area contributed by atoms with Crippen molar-refractivity contribution >= 4 is 21.6 Å². The second kappa shape index (κ2) is 6.72. The Kier molecular flexibility index (Phi) is 5.25. The third-order valence-corrected chi connectivity index (χ3v) is 5.54. The van der Waals surface area contributed by atoms with Gasteiger partial charge in [0.25, 0.3) is 0 Å². The third kappa shape index (κ3) is 4.08. The predicted molar refractivity (Wildman–Crippen MR) is 94.9 cm³/mol. The van der Waals surface area contributed by atoms with Gasteiger partial charge in [0, 0.05) is 6.54 Å². The van der Waals surface area contributed by atoms with Gasteiger partial charge in [-0.3, -0.25) is 4.79 Å². The van der Waals surface area contributed by atoms with Crippen molar-refractivity contribution in [3.05, 3.63) is 23.8 Å². The quantitative estimate of drug-likeness (QED) is 0.900. The molecule has 2 rings (SSSR count). The highest BCUT2D eigenvalue weighted by Gasteiger charge is 2.36. The topological polar surface area (TPSA) is 75.7 Å². The average molecular weight is 354 g/mol. The highest BCUT2D eigenvalue weighted by molar-refractivity contribution is 7.88. The van der Waals surface area contributed by atoms with Crippen molar-refractivity contribution in [2.24, 2.45) is 0 Å². The van der Waals surface area contributed by atoms with Gasteiger partial charge in [0.2, 0.25) is 15.9 Å². The Morgan fingerprint density at radius 2 is 2.00 bits per heavy atom. The molecule has 6 nitrogen and oxygen atoms in total. The molecule has 7 heteroatoms. The van der Waals surface area contributed by atoms with E-state index in [-0.39, 0.29) is 11.3 Å². The number of carbonyl (C=O) groups is 1. The molecule has 1 amide bonds. The number of rotatable bonds is 4. The minimum absolute atomic E-state index is 0.0715. The van der Waals surface area contributed by atoms with Crippen LogP contribution in [-0.2, 0) is 20.2 Å². The number of carbonyl (C=O) groups excluding carboxylic acids is 1. The van der Waals surface area contributed by atoms with Gasteiger partial charge in [0.05, 0.1) is 19.1 Å². The van der Waals surface area contributed by atoms with Crippen molar-refractivity contribution in [2.45, 2.75) is 45.1 Å². The van der Waals surface area contributed by atoms with E-state index in [9.17, 15) is 13.2 Å². The van der Waals surface area contributed by atoms with Gasteiger partial charge in [-0.15, -0.1) is 0 Å². The zero-order valence-corrected chi connectivity index (χ0v) is 15.7. The smallest absolute Gasteiger partial charge is 0.242 e. The second-order valence-electron chi connectivity index (χ2n) is 7.19. The molecular weight excluding hydrogens is 328 g/mol. The third-order valence-electron chi connectivity index (χ3n) is 4.26. The predicted octanol–water partition coefficient (Wildman–Crippen LogP) is 2.36. The maximum atomic E-state index is 12.6. The maximum absolute atomic E-state index is 12.6. The lowest BCUT2D eigenvalue weighted by Crippen LogP contribution is -2.42. The zero-order valence-electron chi connectivity index (χ0n) is 14.9. The van der Waals surface area contributed by atoms with Crippen LogP contribution in [-0.4, -0.2) is 44.6 Å². The summed E-state index contributed by atoms with van der Waals surface area (Å²) in [5.74, 6) is 0.238. The first kappa shape index (κ1) is 18.7. The first-order valence-corrected chi connectivity index (χ1v) is 9.85. The molecule has 1 aliphatic heterocycles. The van der Waals surface area contributed by atoms with Crippen LogP contribution >= 0.6 is 0 Å². The fraction of sp³-hybridized carbons (Fsp3) is 0.588. The lowest BCUT2D eigenvalue weighted by molar-refractivity contribution is -0.119. The molecule has 1 N–H and O–H groups in total. The number of nitrogens with zero attached hydrogens (tertiary/aromatic N) is 1. The highest BCUT2D eigenvalue weighted by Crippen LogP contribution is 2.32. The van der Waals surface area contributed by atoms with Crippen molar-refractivity contribution in [1.29, 1.82) is 0 Å². The van der Waals surface area contributed by atoms with E-state index >= 15 is 0 Å². The minimum Gasteiger partial charge on any atom is -0.495 e. The molecule has 1 aromatic rings. The molecule has 1 saturated heterocycles. The Morgan fingerprint density at radius 1 is 1.33 bits per heavy atom. The molecule has 0 aromatic heterocycles. The summed E-state index contributed by atoms with van der Waals surface area (Å²) >= 11 is 0. The number of hydrogen-bond donors (Lipinski definition) is 1. The van der Waals surface area contributed by atoms with E-state index in [0.717, 1.165) is 11.8 Å². The Morgan fingerprint density at radius 3 is 2.54 bits per heavy atom. The summed E-state index contributed by atoms with van der Waals surface area (Å²) in [6, 6.07) is 5.01. The summed E-state index contributed by atoms with van der Waals surface area (Å²) in [5, 5.41) is 2.85. The monoisotopic (exact) mass is 354 g/mol. The Bertz CT molecular complexity index is 723. The van der Waals surface area contributed by atoms with Crippen molar-refractivity contribution < 1.29 is 17.9 Å². The zero-order chi connectivity index (χ0) is 18.1. The van der Waals surface area contributed by atoms with Gasteiger partial charge in [-0.05, 0) is 36.0 Å². The van der Waals surface area contributed by atoms with Gasteiger partial charge < -0.3 is 10.1 Å². The number of methoxy groups -OCH3 is 1. The van der Waals surface area contributed by atoms with E-state index < -0.39 is 16.1 Å². The van der Waals surface area contributed by atoms with Crippen molar-refractivity contribution in [1.82, 2.24) is 4.31 Å². The van der Waals surface area contributed by atoms with Crippen LogP contribution < -0.4 is 10.1 Å². The molecule has 1 atom stereocenters. The molecule has 1 aliphatic rings. The SMILES string of the molecule is COc1ccc(C(C)(C)C)cc1NC(=O)[C@H]1CCCN1S(C)(=O)=O. The average Bonchev–Trinajstić information content (AvgIpc) is 2.95. The summed E-state index contributed by atoms with van der Waals surface area (Å²) in [5.41, 5.74) is 1.55. The molecule has 0 unspecified atom stereocenters. The number of anilines is 1. The summed E-state index contributed by atoms with van der Waals surface area (Å²) < 4.78 is 30.3. The fourth-order valence-corrected chi connectivity index (χ4v) is 4.01. The van der Waals surface area contributed by atoms with Crippen molar-refractivity contribution in [3.8, 4) is 5.75 Å². The summed E-state index contributed by atoms with van der Waals surface area (Å²) in [7, 11) is -1.85. The van der Waals surface area contributed by atoms with E-state index in [4.69, 9.17) is 4.74 Å². The van der Waals surface area contributed by atoms with E-state index in [0.29, 0.717) is 30.8 Å². The van der Waals surface area contributed by atoms with Gasteiger partial charge in [0.15, 0.2) is 0 Å². The summed E-state index contributed by atoms with van der Waals surface area (Å²) in [6.07, 6.45) is 2.35.